The van der Waals surface area contributed by atoms with Crippen LogP contribution in [0.3, 0.4) is 0 Å². The quantitative estimate of drug-likeness (QED) is 0.704. The number of rotatable bonds is 7. The molecular formula is C24H31FN2O2. The molecule has 0 aromatic heterocycles. The van der Waals surface area contributed by atoms with Crippen LogP contribution in [0.15, 0.2) is 54.6 Å². The molecule has 2 saturated heterocycles. The largest absolute Gasteiger partial charge is 0.343 e. The van der Waals surface area contributed by atoms with Crippen molar-refractivity contribution in [3.8, 4) is 0 Å². The minimum atomic E-state index is -0.716. The van der Waals surface area contributed by atoms with E-state index in [1.807, 2.05) is 0 Å². The number of ether oxygens (including phenoxy) is 2. The van der Waals surface area contributed by atoms with Crippen molar-refractivity contribution in [1.82, 2.24) is 9.80 Å². The molecule has 0 spiro atoms. The van der Waals surface area contributed by atoms with Crippen molar-refractivity contribution in [2.75, 3.05) is 39.4 Å². The summed E-state index contributed by atoms with van der Waals surface area (Å²) in [5, 5.41) is 0. The number of benzene rings is 2. The van der Waals surface area contributed by atoms with Crippen molar-refractivity contribution in [3.05, 3.63) is 71.5 Å². The Hall–Kier alpha value is -1.79. The van der Waals surface area contributed by atoms with Gasteiger partial charge >= 0.3 is 0 Å². The van der Waals surface area contributed by atoms with Crippen molar-refractivity contribution in [2.24, 2.45) is 0 Å². The molecule has 2 fully saturated rings. The van der Waals surface area contributed by atoms with E-state index >= 15 is 0 Å². The van der Waals surface area contributed by atoms with Crippen LogP contribution in [0.2, 0.25) is 0 Å². The summed E-state index contributed by atoms with van der Waals surface area (Å²) in [6.07, 6.45) is 1.77. The maximum Gasteiger partial charge on any atom is 0.195 e. The zero-order valence-corrected chi connectivity index (χ0v) is 17.2. The van der Waals surface area contributed by atoms with Crippen LogP contribution in [0.1, 0.15) is 30.9 Å². The second-order valence-electron chi connectivity index (χ2n) is 8.17. The third-order valence-electron chi connectivity index (χ3n) is 6.09. The van der Waals surface area contributed by atoms with Crippen LogP contribution in [0.5, 0.6) is 0 Å². The molecule has 2 aliphatic rings. The first kappa shape index (κ1) is 20.5. The van der Waals surface area contributed by atoms with Gasteiger partial charge in [-0.3, -0.25) is 9.80 Å². The van der Waals surface area contributed by atoms with Gasteiger partial charge in [0.1, 0.15) is 5.82 Å². The lowest BCUT2D eigenvalue weighted by Crippen LogP contribution is -2.51. The Balaban J connectivity index is 1.28. The summed E-state index contributed by atoms with van der Waals surface area (Å²) < 4.78 is 25.3. The van der Waals surface area contributed by atoms with E-state index in [0.29, 0.717) is 19.3 Å². The van der Waals surface area contributed by atoms with Gasteiger partial charge in [-0.1, -0.05) is 42.5 Å². The number of nitrogens with zero attached hydrogens (tertiary/aromatic N) is 2. The van der Waals surface area contributed by atoms with Crippen LogP contribution in [-0.2, 0) is 21.8 Å². The summed E-state index contributed by atoms with van der Waals surface area (Å²) in [6, 6.07) is 17.8. The number of hydrogen-bond donors (Lipinski definition) is 0. The molecule has 0 saturated carbocycles. The Kier molecular flexibility index (Phi) is 6.60. The molecule has 2 aliphatic heterocycles. The highest BCUT2D eigenvalue weighted by Gasteiger charge is 2.38. The predicted octanol–water partition coefficient (Wildman–Crippen LogP) is 4.01. The fraction of sp³-hybridized carbons (Fsp3) is 0.500. The van der Waals surface area contributed by atoms with Crippen LogP contribution in [0, 0.1) is 5.82 Å². The van der Waals surface area contributed by atoms with Crippen molar-refractivity contribution >= 4 is 0 Å². The third kappa shape index (κ3) is 5.04. The number of halogens is 1. The van der Waals surface area contributed by atoms with Crippen molar-refractivity contribution in [2.45, 2.75) is 38.1 Å². The van der Waals surface area contributed by atoms with E-state index in [2.05, 4.69) is 47.1 Å². The molecule has 4 nitrogen and oxygen atoms in total. The van der Waals surface area contributed by atoms with Gasteiger partial charge in [-0.2, -0.15) is 0 Å². The first-order chi connectivity index (χ1) is 14.1. The summed E-state index contributed by atoms with van der Waals surface area (Å²) in [5.41, 5.74) is 2.29. The van der Waals surface area contributed by atoms with Gasteiger partial charge in [0.25, 0.3) is 0 Å². The average molecular weight is 399 g/mol. The number of hydrogen-bond acceptors (Lipinski definition) is 4. The lowest BCUT2D eigenvalue weighted by molar-refractivity contribution is -0.172. The fourth-order valence-corrected chi connectivity index (χ4v) is 4.52. The molecule has 0 amide bonds. The molecule has 0 aliphatic carbocycles. The van der Waals surface area contributed by atoms with Gasteiger partial charge in [0.15, 0.2) is 5.79 Å². The standard InChI is InChI=1S/C24H31FN2O2/c1-20-18-26(19-21-6-3-2-4-7-21)14-15-27(20)13-5-12-24(28-16-17-29-24)22-8-10-23(25)11-9-22/h2-4,6-11,20H,5,12-19H2,1H3. The Morgan fingerprint density at radius 3 is 2.41 bits per heavy atom. The summed E-state index contributed by atoms with van der Waals surface area (Å²) in [4.78, 5) is 5.11. The van der Waals surface area contributed by atoms with Gasteiger partial charge in [-0.25, -0.2) is 4.39 Å². The van der Waals surface area contributed by atoms with E-state index in [4.69, 9.17) is 9.47 Å². The van der Waals surface area contributed by atoms with Gasteiger partial charge in [0, 0.05) is 44.2 Å². The van der Waals surface area contributed by atoms with E-state index in [9.17, 15) is 4.39 Å². The van der Waals surface area contributed by atoms with E-state index in [-0.39, 0.29) is 5.82 Å². The smallest absolute Gasteiger partial charge is 0.195 e. The Morgan fingerprint density at radius 1 is 1.00 bits per heavy atom. The van der Waals surface area contributed by atoms with Crippen molar-refractivity contribution in [1.29, 1.82) is 0 Å². The van der Waals surface area contributed by atoms with Crippen LogP contribution >= 0.6 is 0 Å². The summed E-state index contributed by atoms with van der Waals surface area (Å²) in [7, 11) is 0. The Bertz CT molecular complexity index is 762. The van der Waals surface area contributed by atoms with Gasteiger partial charge in [-0.05, 0) is 37.6 Å². The maximum absolute atomic E-state index is 13.3. The zero-order valence-electron chi connectivity index (χ0n) is 17.2. The van der Waals surface area contributed by atoms with E-state index in [0.717, 1.165) is 51.1 Å². The second kappa shape index (κ2) is 9.35. The zero-order chi connectivity index (χ0) is 20.1. The highest BCUT2D eigenvalue weighted by Crippen LogP contribution is 2.36. The lowest BCUT2D eigenvalue weighted by atomic mass is 10.00. The van der Waals surface area contributed by atoms with Gasteiger partial charge in [0.2, 0.25) is 0 Å². The molecule has 2 heterocycles. The van der Waals surface area contributed by atoms with Crippen LogP contribution in [0.4, 0.5) is 4.39 Å². The minimum absolute atomic E-state index is 0.232. The molecule has 2 aromatic rings. The van der Waals surface area contributed by atoms with Gasteiger partial charge < -0.3 is 9.47 Å². The molecule has 0 N–H and O–H groups in total. The Morgan fingerprint density at radius 2 is 1.72 bits per heavy atom. The monoisotopic (exact) mass is 398 g/mol. The average Bonchev–Trinajstić information content (AvgIpc) is 3.21. The molecule has 5 heteroatoms. The lowest BCUT2D eigenvalue weighted by Gasteiger charge is -2.40. The molecule has 0 radical (unpaired) electrons. The topological polar surface area (TPSA) is 24.9 Å². The van der Waals surface area contributed by atoms with Crippen molar-refractivity contribution < 1.29 is 13.9 Å². The van der Waals surface area contributed by atoms with Gasteiger partial charge in [-0.15, -0.1) is 0 Å². The molecule has 2 aromatic carbocycles. The first-order valence-corrected chi connectivity index (χ1v) is 10.7. The fourth-order valence-electron chi connectivity index (χ4n) is 4.52. The van der Waals surface area contributed by atoms with Crippen LogP contribution in [0.25, 0.3) is 0 Å². The summed E-state index contributed by atoms with van der Waals surface area (Å²) in [5.74, 6) is -0.949. The molecule has 1 unspecified atom stereocenters. The van der Waals surface area contributed by atoms with Crippen LogP contribution < -0.4 is 0 Å². The van der Waals surface area contributed by atoms with E-state index in [1.54, 1.807) is 12.1 Å². The van der Waals surface area contributed by atoms with Gasteiger partial charge in [0.05, 0.1) is 13.2 Å². The van der Waals surface area contributed by atoms with Crippen molar-refractivity contribution in [3.63, 3.8) is 0 Å². The number of piperazine rings is 1. The van der Waals surface area contributed by atoms with Crippen LogP contribution in [-0.4, -0.2) is 55.2 Å². The third-order valence-corrected chi connectivity index (χ3v) is 6.09. The normalized spacial score (nSPS) is 22.8. The maximum atomic E-state index is 13.3. The molecule has 0 bridgehead atoms. The molecule has 4 rings (SSSR count). The van der Waals surface area contributed by atoms with E-state index in [1.165, 1.54) is 17.7 Å². The summed E-state index contributed by atoms with van der Waals surface area (Å²) in [6.45, 7) is 8.80. The summed E-state index contributed by atoms with van der Waals surface area (Å²) >= 11 is 0. The SMILES string of the molecule is CC1CN(Cc2ccccc2)CCN1CCCC1(c2ccc(F)cc2)OCCO1. The minimum Gasteiger partial charge on any atom is -0.343 e. The molecule has 1 atom stereocenters. The first-order valence-electron chi connectivity index (χ1n) is 10.7. The highest BCUT2D eigenvalue weighted by atomic mass is 19.1. The molecular weight excluding hydrogens is 367 g/mol. The highest BCUT2D eigenvalue weighted by molar-refractivity contribution is 5.22. The predicted molar refractivity (Wildman–Crippen MR) is 112 cm³/mol. The molecule has 29 heavy (non-hydrogen) atoms. The Labute approximate surface area is 173 Å². The second-order valence-corrected chi connectivity index (χ2v) is 8.17. The van der Waals surface area contributed by atoms with E-state index < -0.39 is 5.79 Å². The molecule has 156 valence electrons.